The molecule has 0 aromatic heterocycles. The molecule has 1 rings (SSSR count). The highest BCUT2D eigenvalue weighted by Gasteiger charge is 2.52. The Kier molecular flexibility index (Phi) is 4.63. The first-order valence-electron chi connectivity index (χ1n) is 5.30. The van der Waals surface area contributed by atoms with Crippen molar-refractivity contribution in [2.24, 2.45) is 0 Å². The summed E-state index contributed by atoms with van der Waals surface area (Å²) in [4.78, 5) is 24.2. The molecule has 0 aliphatic carbocycles. The van der Waals surface area contributed by atoms with Crippen LogP contribution in [0.1, 0.15) is 13.3 Å². The predicted octanol–water partition coefficient (Wildman–Crippen LogP) is -0.266. The van der Waals surface area contributed by atoms with Crippen molar-refractivity contribution in [3.8, 4) is 0 Å². The maximum Gasteiger partial charge on any atom is 0.524 e. The normalized spacial score (nSPS) is 18.5. The van der Waals surface area contributed by atoms with Gasteiger partial charge in [0.05, 0.1) is 0 Å². The average Bonchev–Trinajstić information content (AvgIpc) is 2.65. The summed E-state index contributed by atoms with van der Waals surface area (Å²) in [7, 11) is 1.48. The van der Waals surface area contributed by atoms with E-state index in [4.69, 9.17) is 13.3 Å². The van der Waals surface area contributed by atoms with Gasteiger partial charge < -0.3 is 18.2 Å². The highest BCUT2D eigenvalue weighted by molar-refractivity contribution is 6.62. The SMILES string of the molecule is CCC(N1CC(=O)NC1=O)[Si](OC)(OC)OC. The molecule has 1 atom stereocenters. The summed E-state index contributed by atoms with van der Waals surface area (Å²) in [5.41, 5.74) is -0.367. The lowest BCUT2D eigenvalue weighted by molar-refractivity contribution is -0.118. The van der Waals surface area contributed by atoms with Crippen molar-refractivity contribution in [1.82, 2.24) is 10.2 Å². The van der Waals surface area contributed by atoms with Crippen LogP contribution < -0.4 is 5.32 Å². The number of hydrogen-bond donors (Lipinski definition) is 1. The van der Waals surface area contributed by atoms with Crippen molar-refractivity contribution in [2.75, 3.05) is 27.9 Å². The first kappa shape index (κ1) is 14.1. The quantitative estimate of drug-likeness (QED) is 0.527. The molecule has 0 radical (unpaired) electrons. The van der Waals surface area contributed by atoms with Crippen molar-refractivity contribution < 1.29 is 22.9 Å². The number of carbonyl (C=O) groups is 2. The zero-order valence-electron chi connectivity index (χ0n) is 10.5. The Morgan fingerprint density at radius 3 is 2.12 bits per heavy atom. The fourth-order valence-corrected chi connectivity index (χ4v) is 4.43. The summed E-state index contributed by atoms with van der Waals surface area (Å²) < 4.78 is 16.0. The Balaban J connectivity index is 2.97. The van der Waals surface area contributed by atoms with Gasteiger partial charge in [0.15, 0.2) is 0 Å². The molecule has 8 heteroatoms. The number of imide groups is 1. The molecule has 1 aliphatic heterocycles. The maximum atomic E-state index is 11.6. The van der Waals surface area contributed by atoms with E-state index in [1.165, 1.54) is 26.2 Å². The molecule has 98 valence electrons. The largest absolute Gasteiger partial charge is 0.524 e. The number of urea groups is 1. The molecule has 0 aromatic rings. The van der Waals surface area contributed by atoms with Gasteiger partial charge in [-0.2, -0.15) is 0 Å². The van der Waals surface area contributed by atoms with Crippen molar-refractivity contribution in [2.45, 2.75) is 19.0 Å². The van der Waals surface area contributed by atoms with Gasteiger partial charge in [-0.15, -0.1) is 0 Å². The molecule has 0 saturated carbocycles. The van der Waals surface area contributed by atoms with Crippen LogP contribution in [0.4, 0.5) is 4.79 Å². The first-order chi connectivity index (χ1) is 8.04. The van der Waals surface area contributed by atoms with E-state index in [1.807, 2.05) is 6.92 Å². The Labute approximate surface area is 101 Å². The molecule has 17 heavy (non-hydrogen) atoms. The Morgan fingerprint density at radius 2 is 1.82 bits per heavy atom. The zero-order valence-corrected chi connectivity index (χ0v) is 11.5. The Bertz CT molecular complexity index is 299. The number of nitrogens with one attached hydrogen (secondary N) is 1. The minimum atomic E-state index is -2.97. The zero-order chi connectivity index (χ0) is 13.1. The van der Waals surface area contributed by atoms with Gasteiger partial charge in [0.2, 0.25) is 5.91 Å². The maximum absolute atomic E-state index is 11.6. The average molecular weight is 262 g/mol. The molecule has 1 fully saturated rings. The summed E-state index contributed by atoms with van der Waals surface area (Å²) in [6.45, 7) is 1.90. The molecule has 1 saturated heterocycles. The lowest BCUT2D eigenvalue weighted by Crippen LogP contribution is -2.61. The third kappa shape index (κ3) is 2.49. The van der Waals surface area contributed by atoms with Crippen LogP contribution in [-0.4, -0.2) is 59.2 Å². The summed E-state index contributed by atoms with van der Waals surface area (Å²) in [6, 6.07) is -0.426. The van der Waals surface area contributed by atoms with Gasteiger partial charge in [-0.25, -0.2) is 4.79 Å². The van der Waals surface area contributed by atoms with E-state index in [9.17, 15) is 9.59 Å². The highest BCUT2D eigenvalue weighted by atomic mass is 28.4. The second-order valence-corrected chi connectivity index (χ2v) is 6.72. The standard InChI is InChI=1S/C9H18N2O5Si/c1-5-8(17(14-2,15-3)16-4)11-6-7(12)10-9(11)13/h8H,5-6H2,1-4H3,(H,10,12,13). The van der Waals surface area contributed by atoms with Crippen LogP contribution in [0.2, 0.25) is 0 Å². The van der Waals surface area contributed by atoms with Gasteiger partial charge in [-0.1, -0.05) is 6.92 Å². The van der Waals surface area contributed by atoms with Crippen LogP contribution in [0.25, 0.3) is 0 Å². The fraction of sp³-hybridized carbons (Fsp3) is 0.778. The van der Waals surface area contributed by atoms with Crippen molar-refractivity contribution in [1.29, 1.82) is 0 Å². The smallest absolute Gasteiger partial charge is 0.376 e. The molecule has 7 nitrogen and oxygen atoms in total. The van der Waals surface area contributed by atoms with Crippen LogP contribution in [0.5, 0.6) is 0 Å². The van der Waals surface area contributed by atoms with Gasteiger partial charge >= 0.3 is 14.8 Å². The van der Waals surface area contributed by atoms with Crippen LogP contribution >= 0.6 is 0 Å². The number of rotatable bonds is 6. The van der Waals surface area contributed by atoms with Crippen molar-refractivity contribution >= 4 is 20.7 Å². The first-order valence-corrected chi connectivity index (χ1v) is 7.10. The number of nitrogens with zero attached hydrogens (tertiary/aromatic N) is 1. The monoisotopic (exact) mass is 262 g/mol. The van der Waals surface area contributed by atoms with Gasteiger partial charge in [0.1, 0.15) is 12.2 Å². The van der Waals surface area contributed by atoms with Crippen molar-refractivity contribution in [3.05, 3.63) is 0 Å². The minimum absolute atomic E-state index is 0.0160. The summed E-state index contributed by atoms with van der Waals surface area (Å²) in [6.07, 6.45) is 0.586. The van der Waals surface area contributed by atoms with Gasteiger partial charge in [-0.3, -0.25) is 10.1 Å². The molecule has 1 N–H and O–H groups in total. The lowest BCUT2D eigenvalue weighted by atomic mass is 10.4. The van der Waals surface area contributed by atoms with Crippen LogP contribution in [0, 0.1) is 0 Å². The van der Waals surface area contributed by atoms with Crippen LogP contribution in [-0.2, 0) is 18.1 Å². The topological polar surface area (TPSA) is 77.1 Å². The number of hydrogen-bond acceptors (Lipinski definition) is 5. The van der Waals surface area contributed by atoms with Crippen molar-refractivity contribution in [3.63, 3.8) is 0 Å². The van der Waals surface area contributed by atoms with E-state index in [2.05, 4.69) is 5.32 Å². The second-order valence-electron chi connectivity index (χ2n) is 3.62. The number of amides is 3. The van der Waals surface area contributed by atoms with Gasteiger partial charge in [-0.05, 0) is 6.42 Å². The number of carbonyl (C=O) groups excluding carboxylic acids is 2. The predicted molar refractivity (Wildman–Crippen MR) is 61.1 cm³/mol. The van der Waals surface area contributed by atoms with E-state index < -0.39 is 14.8 Å². The van der Waals surface area contributed by atoms with E-state index in [0.29, 0.717) is 6.42 Å². The van der Waals surface area contributed by atoms with E-state index in [-0.39, 0.29) is 18.1 Å². The third-order valence-corrected chi connectivity index (χ3v) is 6.09. The molecule has 1 heterocycles. The van der Waals surface area contributed by atoms with E-state index >= 15 is 0 Å². The molecular formula is C9H18N2O5Si. The van der Waals surface area contributed by atoms with Crippen LogP contribution in [0.15, 0.2) is 0 Å². The Hall–Kier alpha value is -0.963. The summed E-state index contributed by atoms with van der Waals surface area (Å²) in [5, 5.41) is 2.23. The molecule has 0 aromatic carbocycles. The van der Waals surface area contributed by atoms with Crippen LogP contribution in [0.3, 0.4) is 0 Å². The van der Waals surface area contributed by atoms with E-state index in [1.54, 1.807) is 0 Å². The van der Waals surface area contributed by atoms with Gasteiger partial charge in [0, 0.05) is 21.3 Å². The Morgan fingerprint density at radius 1 is 1.29 bits per heavy atom. The highest BCUT2D eigenvalue weighted by Crippen LogP contribution is 2.22. The minimum Gasteiger partial charge on any atom is -0.376 e. The van der Waals surface area contributed by atoms with Gasteiger partial charge in [0.25, 0.3) is 0 Å². The molecule has 0 spiro atoms. The molecule has 0 bridgehead atoms. The molecule has 1 aliphatic rings. The molecule has 3 amide bonds. The second kappa shape index (κ2) is 5.58. The fourth-order valence-electron chi connectivity index (χ4n) is 2.03. The molecular weight excluding hydrogens is 244 g/mol. The lowest BCUT2D eigenvalue weighted by Gasteiger charge is -2.36. The summed E-state index contributed by atoms with van der Waals surface area (Å²) >= 11 is 0. The third-order valence-electron chi connectivity index (χ3n) is 2.85. The van der Waals surface area contributed by atoms with E-state index in [0.717, 1.165) is 0 Å². The molecule has 1 unspecified atom stereocenters. The summed E-state index contributed by atoms with van der Waals surface area (Å²) in [5.74, 6) is -0.320.